The Hall–Kier alpha value is -0.0800. The van der Waals surface area contributed by atoms with E-state index in [1.165, 1.54) is 25.9 Å². The van der Waals surface area contributed by atoms with Crippen LogP contribution in [-0.4, -0.2) is 33.2 Å². The molecule has 1 saturated heterocycles. The summed E-state index contributed by atoms with van der Waals surface area (Å²) in [6.45, 7) is 2.74. The zero-order valence-corrected chi connectivity index (χ0v) is 6.48. The van der Waals surface area contributed by atoms with Crippen molar-refractivity contribution in [3.63, 3.8) is 0 Å². The first-order chi connectivity index (χ1) is 4.33. The molecular weight excluding hydrogens is 112 g/mol. The van der Waals surface area contributed by atoms with E-state index in [0.29, 0.717) is 0 Å². The van der Waals surface area contributed by atoms with Crippen LogP contribution in [0.3, 0.4) is 0 Å². The van der Waals surface area contributed by atoms with E-state index in [2.05, 4.69) is 19.4 Å². The highest BCUT2D eigenvalue weighted by molar-refractivity contribution is 4.55. The molecule has 1 aliphatic rings. The minimum atomic E-state index is 0.925. The van der Waals surface area contributed by atoms with Crippen LogP contribution in [-0.2, 0) is 0 Å². The van der Waals surface area contributed by atoms with Crippen LogP contribution >= 0.6 is 0 Å². The Labute approximate surface area is 57.2 Å². The van der Waals surface area contributed by atoms with Crippen LogP contribution in [0.15, 0.2) is 0 Å². The van der Waals surface area contributed by atoms with Gasteiger partial charge in [0.05, 0.1) is 33.2 Å². The first-order valence-corrected chi connectivity index (χ1v) is 3.93. The van der Waals surface area contributed by atoms with E-state index in [1.54, 1.807) is 4.90 Å². The molecule has 0 radical (unpaired) electrons. The minimum Gasteiger partial charge on any atom is -0.346 e. The molecule has 1 heterocycles. The van der Waals surface area contributed by atoms with Crippen molar-refractivity contribution in [3.05, 3.63) is 0 Å². The van der Waals surface area contributed by atoms with Crippen LogP contribution in [0.25, 0.3) is 0 Å². The molecule has 0 aromatic rings. The Kier molecular flexibility index (Phi) is 2.49. The Morgan fingerprint density at radius 3 is 2.33 bits per heavy atom. The van der Waals surface area contributed by atoms with Crippen molar-refractivity contribution < 1.29 is 10.2 Å². The number of nitrogens with one attached hydrogen (secondary N) is 1. The summed E-state index contributed by atoms with van der Waals surface area (Å²) in [5.74, 6) is 0. The molecule has 0 aromatic heterocycles. The number of rotatable bonds is 1. The largest absolute Gasteiger partial charge is 0.346 e. The first-order valence-electron chi connectivity index (χ1n) is 3.93. The van der Waals surface area contributed by atoms with Crippen LogP contribution in [0.1, 0.15) is 12.8 Å². The Bertz CT molecular complexity index is 75.0. The third-order valence-corrected chi connectivity index (χ3v) is 2.36. The van der Waals surface area contributed by atoms with Gasteiger partial charge in [-0.05, 0) is 0 Å². The summed E-state index contributed by atoms with van der Waals surface area (Å²) in [5, 5.41) is 2.35. The summed E-state index contributed by atoms with van der Waals surface area (Å²) >= 11 is 0. The van der Waals surface area contributed by atoms with Crippen LogP contribution < -0.4 is 10.2 Å². The predicted octanol–water partition coefficient (Wildman–Crippen LogP) is -2.14. The summed E-state index contributed by atoms with van der Waals surface area (Å²) in [6.07, 6.45) is 2.81. The highest BCUT2D eigenvalue weighted by Gasteiger charge is 2.19. The van der Waals surface area contributed by atoms with E-state index < -0.39 is 0 Å². The maximum absolute atomic E-state index is 2.35. The summed E-state index contributed by atoms with van der Waals surface area (Å²) in [7, 11) is 4.47. The van der Waals surface area contributed by atoms with Crippen molar-refractivity contribution >= 4 is 0 Å². The third kappa shape index (κ3) is 1.95. The second kappa shape index (κ2) is 3.18. The number of hydrogen-bond acceptors (Lipinski definition) is 0. The van der Waals surface area contributed by atoms with Gasteiger partial charge in [-0.3, -0.25) is 0 Å². The molecule has 0 atom stereocenters. The molecule has 54 valence electrons. The van der Waals surface area contributed by atoms with Gasteiger partial charge in [-0.2, -0.15) is 0 Å². The fraction of sp³-hybridized carbons (Fsp3) is 1.00. The number of hydrogen-bond donors (Lipinski definition) is 2. The highest BCUT2D eigenvalue weighted by atomic mass is 15.1. The topological polar surface area (TPSA) is 21.1 Å². The van der Waals surface area contributed by atoms with E-state index >= 15 is 0 Å². The minimum absolute atomic E-state index is 0.925. The van der Waals surface area contributed by atoms with E-state index in [0.717, 1.165) is 6.04 Å². The van der Waals surface area contributed by atoms with Gasteiger partial charge in [0, 0.05) is 12.8 Å². The number of nitrogens with two attached hydrogens (primary N) is 1. The standard InChI is InChI=1S/C7H16N2/c1-8-7-3-5-9(2)6-4-7/h7-8H,3-6H2,1-2H3/p+2. The predicted molar refractivity (Wildman–Crippen MR) is 37.5 cm³/mol. The lowest BCUT2D eigenvalue weighted by Crippen LogP contribution is -3.12. The SMILES string of the molecule is C[NH2+]C1CC[NH+](C)CC1. The summed E-state index contributed by atoms with van der Waals surface area (Å²) in [5.41, 5.74) is 0. The molecule has 0 spiro atoms. The van der Waals surface area contributed by atoms with Crippen molar-refractivity contribution in [2.75, 3.05) is 27.2 Å². The molecule has 9 heavy (non-hydrogen) atoms. The lowest BCUT2D eigenvalue weighted by atomic mass is 10.1. The first kappa shape index (κ1) is 7.03. The maximum Gasteiger partial charge on any atom is 0.0965 e. The number of piperidine rings is 1. The van der Waals surface area contributed by atoms with Crippen molar-refractivity contribution in [1.29, 1.82) is 0 Å². The van der Waals surface area contributed by atoms with Crippen molar-refractivity contribution in [3.8, 4) is 0 Å². The van der Waals surface area contributed by atoms with E-state index in [1.807, 2.05) is 0 Å². The molecule has 0 unspecified atom stereocenters. The van der Waals surface area contributed by atoms with Gasteiger partial charge in [-0.15, -0.1) is 0 Å². The Morgan fingerprint density at radius 2 is 1.89 bits per heavy atom. The molecule has 2 nitrogen and oxygen atoms in total. The van der Waals surface area contributed by atoms with Gasteiger partial charge in [0.15, 0.2) is 0 Å². The van der Waals surface area contributed by atoms with Crippen molar-refractivity contribution in [1.82, 2.24) is 0 Å². The van der Waals surface area contributed by atoms with Gasteiger partial charge in [0.1, 0.15) is 0 Å². The zero-order chi connectivity index (χ0) is 6.69. The average Bonchev–Trinajstić information content (AvgIpc) is 1.90. The van der Waals surface area contributed by atoms with Crippen LogP contribution in [0.2, 0.25) is 0 Å². The summed E-state index contributed by atoms with van der Waals surface area (Å²) < 4.78 is 0. The van der Waals surface area contributed by atoms with Gasteiger partial charge >= 0.3 is 0 Å². The molecule has 1 fully saturated rings. The Morgan fingerprint density at radius 1 is 1.33 bits per heavy atom. The molecule has 1 rings (SSSR count). The van der Waals surface area contributed by atoms with Crippen LogP contribution in [0, 0.1) is 0 Å². The normalized spacial score (nSPS) is 36.7. The lowest BCUT2D eigenvalue weighted by molar-refractivity contribution is -0.893. The lowest BCUT2D eigenvalue weighted by Gasteiger charge is -2.23. The zero-order valence-electron chi connectivity index (χ0n) is 6.48. The molecule has 1 aliphatic heterocycles. The number of quaternary nitrogens is 2. The molecule has 3 N–H and O–H groups in total. The molecule has 0 saturated carbocycles. The monoisotopic (exact) mass is 130 g/mol. The molecular formula is C7H18N2+2. The van der Waals surface area contributed by atoms with Crippen molar-refractivity contribution in [2.24, 2.45) is 0 Å². The van der Waals surface area contributed by atoms with Gasteiger partial charge in [0.2, 0.25) is 0 Å². The van der Waals surface area contributed by atoms with E-state index in [9.17, 15) is 0 Å². The van der Waals surface area contributed by atoms with Gasteiger partial charge in [0.25, 0.3) is 0 Å². The third-order valence-electron chi connectivity index (χ3n) is 2.36. The summed E-state index contributed by atoms with van der Waals surface area (Å²) in [6, 6.07) is 0.925. The van der Waals surface area contributed by atoms with E-state index in [-0.39, 0.29) is 0 Å². The Balaban J connectivity index is 2.18. The number of likely N-dealkylation sites (tertiary alicyclic amines) is 1. The second-order valence-electron chi connectivity index (χ2n) is 3.13. The van der Waals surface area contributed by atoms with Crippen LogP contribution in [0.4, 0.5) is 0 Å². The molecule has 2 heteroatoms. The highest BCUT2D eigenvalue weighted by Crippen LogP contribution is 1.91. The quantitative estimate of drug-likeness (QED) is 0.404. The molecule has 0 amide bonds. The molecule has 0 bridgehead atoms. The van der Waals surface area contributed by atoms with E-state index in [4.69, 9.17) is 0 Å². The van der Waals surface area contributed by atoms with Gasteiger partial charge < -0.3 is 10.2 Å². The average molecular weight is 130 g/mol. The van der Waals surface area contributed by atoms with Crippen LogP contribution in [0.5, 0.6) is 0 Å². The smallest absolute Gasteiger partial charge is 0.0965 e. The van der Waals surface area contributed by atoms with Gasteiger partial charge in [-0.1, -0.05) is 0 Å². The van der Waals surface area contributed by atoms with Crippen molar-refractivity contribution in [2.45, 2.75) is 18.9 Å². The second-order valence-corrected chi connectivity index (χ2v) is 3.13. The summed E-state index contributed by atoms with van der Waals surface area (Å²) in [4.78, 5) is 1.70. The van der Waals surface area contributed by atoms with Gasteiger partial charge in [-0.25, -0.2) is 0 Å². The molecule has 0 aliphatic carbocycles. The maximum atomic E-state index is 2.35. The molecule has 0 aromatic carbocycles. The fourth-order valence-corrected chi connectivity index (χ4v) is 1.47. The fourth-order valence-electron chi connectivity index (χ4n) is 1.47.